The largest absolute Gasteiger partial charge is 0.466 e. The highest BCUT2D eigenvalue weighted by Gasteiger charge is 2.35. The lowest BCUT2D eigenvalue weighted by molar-refractivity contribution is -0.145. The molecule has 1 aliphatic heterocycles. The highest BCUT2D eigenvalue weighted by molar-refractivity contribution is 6.21. The van der Waals surface area contributed by atoms with Crippen LogP contribution in [0.2, 0.25) is 0 Å². The number of nitrogens with zero attached hydrogens (tertiary/aromatic N) is 1. The summed E-state index contributed by atoms with van der Waals surface area (Å²) < 4.78 is 4.73. The molecule has 0 bridgehead atoms. The van der Waals surface area contributed by atoms with E-state index in [-0.39, 0.29) is 37.8 Å². The Morgan fingerprint density at radius 3 is 2.33 bits per heavy atom. The van der Waals surface area contributed by atoms with Crippen molar-refractivity contribution in [2.45, 2.75) is 25.9 Å². The van der Waals surface area contributed by atoms with Crippen LogP contribution < -0.4 is 0 Å². The minimum Gasteiger partial charge on any atom is -0.466 e. The molecule has 0 saturated heterocycles. The molecule has 1 unspecified atom stereocenters. The molecular weight excluding hydrogens is 274 g/mol. The van der Waals surface area contributed by atoms with E-state index in [1.165, 1.54) is 0 Å². The monoisotopic (exact) mass is 291 g/mol. The summed E-state index contributed by atoms with van der Waals surface area (Å²) in [4.78, 5) is 36.5. The smallest absolute Gasteiger partial charge is 0.308 e. The van der Waals surface area contributed by atoms with Crippen molar-refractivity contribution in [2.24, 2.45) is 0 Å². The zero-order valence-corrected chi connectivity index (χ0v) is 11.7. The fourth-order valence-corrected chi connectivity index (χ4v) is 2.23. The highest BCUT2D eigenvalue weighted by Crippen LogP contribution is 2.22. The van der Waals surface area contributed by atoms with Crippen LogP contribution in [0.3, 0.4) is 0 Å². The Morgan fingerprint density at radius 2 is 1.81 bits per heavy atom. The molecule has 2 amide bonds. The Bertz CT molecular complexity index is 534. The summed E-state index contributed by atoms with van der Waals surface area (Å²) in [6.07, 6.45) is -0.935. The molecule has 6 nitrogen and oxygen atoms in total. The van der Waals surface area contributed by atoms with Crippen molar-refractivity contribution in [3.05, 3.63) is 35.4 Å². The number of carbonyl (C=O) groups is 3. The van der Waals surface area contributed by atoms with E-state index in [4.69, 9.17) is 4.74 Å². The first-order chi connectivity index (χ1) is 10.0. The average Bonchev–Trinajstić information content (AvgIpc) is 2.70. The second-order valence-electron chi connectivity index (χ2n) is 4.76. The van der Waals surface area contributed by atoms with Gasteiger partial charge in [-0.2, -0.15) is 0 Å². The Kier molecular flexibility index (Phi) is 4.70. The average molecular weight is 291 g/mol. The van der Waals surface area contributed by atoms with Gasteiger partial charge in [-0.15, -0.1) is 0 Å². The van der Waals surface area contributed by atoms with Gasteiger partial charge in [0.25, 0.3) is 11.8 Å². The number of esters is 1. The third kappa shape index (κ3) is 3.28. The maximum atomic E-state index is 12.1. The zero-order valence-electron chi connectivity index (χ0n) is 11.7. The number of amides is 2. The van der Waals surface area contributed by atoms with Crippen molar-refractivity contribution in [1.82, 2.24) is 4.90 Å². The summed E-state index contributed by atoms with van der Waals surface area (Å²) in [5.74, 6) is -1.22. The quantitative estimate of drug-likeness (QED) is 0.624. The van der Waals surface area contributed by atoms with E-state index in [0.717, 1.165) is 4.90 Å². The highest BCUT2D eigenvalue weighted by atomic mass is 16.5. The maximum Gasteiger partial charge on any atom is 0.308 e. The van der Waals surface area contributed by atoms with Gasteiger partial charge in [0, 0.05) is 6.54 Å². The van der Waals surface area contributed by atoms with Crippen molar-refractivity contribution in [1.29, 1.82) is 0 Å². The van der Waals surface area contributed by atoms with Gasteiger partial charge >= 0.3 is 5.97 Å². The van der Waals surface area contributed by atoms with E-state index in [1.54, 1.807) is 31.2 Å². The van der Waals surface area contributed by atoms with Gasteiger partial charge in [-0.1, -0.05) is 12.1 Å². The van der Waals surface area contributed by atoms with Crippen LogP contribution in [0.25, 0.3) is 0 Å². The van der Waals surface area contributed by atoms with Gasteiger partial charge in [0.15, 0.2) is 0 Å². The first-order valence-corrected chi connectivity index (χ1v) is 6.83. The topological polar surface area (TPSA) is 83.9 Å². The molecule has 0 saturated carbocycles. The van der Waals surface area contributed by atoms with Crippen LogP contribution in [-0.2, 0) is 9.53 Å². The molecule has 6 heteroatoms. The van der Waals surface area contributed by atoms with Crippen molar-refractivity contribution in [3.63, 3.8) is 0 Å². The third-order valence-electron chi connectivity index (χ3n) is 3.27. The number of carbonyl (C=O) groups excluding carboxylic acids is 3. The van der Waals surface area contributed by atoms with Gasteiger partial charge in [-0.25, -0.2) is 0 Å². The summed E-state index contributed by atoms with van der Waals surface area (Å²) >= 11 is 0. The minimum absolute atomic E-state index is 0.0763. The van der Waals surface area contributed by atoms with Crippen LogP contribution in [0.15, 0.2) is 24.3 Å². The van der Waals surface area contributed by atoms with Crippen molar-refractivity contribution < 1.29 is 24.2 Å². The van der Waals surface area contributed by atoms with E-state index in [0.29, 0.717) is 11.1 Å². The summed E-state index contributed by atoms with van der Waals surface area (Å²) in [6, 6.07) is 6.60. The molecule has 0 aliphatic carbocycles. The van der Waals surface area contributed by atoms with Crippen LogP contribution in [-0.4, -0.2) is 47.0 Å². The lowest BCUT2D eigenvalue weighted by Gasteiger charge is -2.16. The molecule has 1 aliphatic rings. The van der Waals surface area contributed by atoms with E-state index in [1.807, 2.05) is 0 Å². The summed E-state index contributed by atoms with van der Waals surface area (Å²) in [5, 5.41) is 9.75. The van der Waals surface area contributed by atoms with Crippen LogP contribution >= 0.6 is 0 Å². The van der Waals surface area contributed by atoms with Gasteiger partial charge in [0.1, 0.15) is 0 Å². The maximum absolute atomic E-state index is 12.1. The number of aliphatic hydroxyl groups is 1. The summed E-state index contributed by atoms with van der Waals surface area (Å²) in [6.45, 7) is 2.01. The van der Waals surface area contributed by atoms with Gasteiger partial charge < -0.3 is 9.84 Å². The Morgan fingerprint density at radius 1 is 1.24 bits per heavy atom. The molecular formula is C15H17NO5. The van der Waals surface area contributed by atoms with E-state index >= 15 is 0 Å². The van der Waals surface area contributed by atoms with Gasteiger partial charge in [0.05, 0.1) is 30.3 Å². The van der Waals surface area contributed by atoms with Gasteiger partial charge in [0.2, 0.25) is 0 Å². The molecule has 0 fully saturated rings. The van der Waals surface area contributed by atoms with E-state index in [2.05, 4.69) is 0 Å². The summed E-state index contributed by atoms with van der Waals surface area (Å²) in [7, 11) is 0. The molecule has 1 aromatic rings. The Balaban J connectivity index is 1.92. The number of rotatable bonds is 6. The van der Waals surface area contributed by atoms with Crippen molar-refractivity contribution >= 4 is 17.8 Å². The molecule has 1 atom stereocenters. The zero-order chi connectivity index (χ0) is 15.4. The SMILES string of the molecule is CCOC(=O)CC(O)CCN1C(=O)c2ccccc2C1=O. The van der Waals surface area contributed by atoms with Gasteiger partial charge in [-0.3, -0.25) is 19.3 Å². The Hall–Kier alpha value is -2.21. The van der Waals surface area contributed by atoms with Gasteiger partial charge in [-0.05, 0) is 25.5 Å². The summed E-state index contributed by atoms with van der Waals surface area (Å²) in [5.41, 5.74) is 0.754. The lowest BCUT2D eigenvalue weighted by Crippen LogP contribution is -2.33. The molecule has 2 rings (SSSR count). The Labute approximate surface area is 122 Å². The normalized spacial score (nSPS) is 15.0. The van der Waals surface area contributed by atoms with E-state index in [9.17, 15) is 19.5 Å². The molecule has 0 radical (unpaired) electrons. The number of imide groups is 1. The number of fused-ring (bicyclic) bond motifs is 1. The third-order valence-corrected chi connectivity index (χ3v) is 3.27. The predicted molar refractivity (Wildman–Crippen MR) is 73.7 cm³/mol. The first-order valence-electron chi connectivity index (χ1n) is 6.83. The molecule has 1 aromatic carbocycles. The van der Waals surface area contributed by atoms with Crippen LogP contribution in [0.1, 0.15) is 40.5 Å². The fraction of sp³-hybridized carbons (Fsp3) is 0.400. The lowest BCUT2D eigenvalue weighted by atomic mass is 10.1. The second kappa shape index (κ2) is 6.49. The molecule has 1 N–H and O–H groups in total. The minimum atomic E-state index is -0.937. The van der Waals surface area contributed by atoms with Crippen molar-refractivity contribution in [2.75, 3.05) is 13.2 Å². The fourth-order valence-electron chi connectivity index (χ4n) is 2.23. The number of aliphatic hydroxyl groups excluding tert-OH is 1. The molecule has 112 valence electrons. The molecule has 21 heavy (non-hydrogen) atoms. The van der Waals surface area contributed by atoms with Crippen LogP contribution in [0.5, 0.6) is 0 Å². The number of hydrogen-bond donors (Lipinski definition) is 1. The van der Waals surface area contributed by atoms with Crippen LogP contribution in [0, 0.1) is 0 Å². The second-order valence-corrected chi connectivity index (χ2v) is 4.76. The first kappa shape index (κ1) is 15.2. The number of ether oxygens (including phenoxy) is 1. The molecule has 1 heterocycles. The number of hydrogen-bond acceptors (Lipinski definition) is 5. The molecule has 0 aromatic heterocycles. The molecule has 0 spiro atoms. The standard InChI is InChI=1S/C15H17NO5/c1-2-21-13(18)9-10(17)7-8-16-14(19)11-5-3-4-6-12(11)15(16)20/h3-6,10,17H,2,7-9H2,1H3. The van der Waals surface area contributed by atoms with E-state index < -0.39 is 12.1 Å². The predicted octanol–water partition coefficient (Wildman–Crippen LogP) is 0.987. The number of benzene rings is 1. The van der Waals surface area contributed by atoms with Crippen molar-refractivity contribution in [3.8, 4) is 0 Å². The van der Waals surface area contributed by atoms with Crippen LogP contribution in [0.4, 0.5) is 0 Å².